The van der Waals surface area contributed by atoms with Crippen LogP contribution >= 0.6 is 0 Å². The first-order valence-electron chi connectivity index (χ1n) is 10.2. The van der Waals surface area contributed by atoms with Crippen LogP contribution in [0, 0.1) is 11.7 Å². The Bertz CT molecular complexity index is 890. The van der Waals surface area contributed by atoms with Crippen LogP contribution < -0.4 is 10.2 Å². The lowest BCUT2D eigenvalue weighted by Gasteiger charge is -2.32. The van der Waals surface area contributed by atoms with Crippen LogP contribution in [0.4, 0.5) is 15.9 Å². The minimum atomic E-state index is -0.368. The predicted octanol–water partition coefficient (Wildman–Crippen LogP) is 3.31. The molecule has 1 N–H and O–H groups in total. The molecule has 3 heterocycles. The van der Waals surface area contributed by atoms with Crippen molar-refractivity contribution in [3.63, 3.8) is 0 Å². The van der Waals surface area contributed by atoms with E-state index < -0.39 is 0 Å². The van der Waals surface area contributed by atoms with Gasteiger partial charge in [-0.2, -0.15) is 0 Å². The molecule has 0 atom stereocenters. The lowest BCUT2D eigenvalue weighted by molar-refractivity contribution is -0.120. The second-order valence-electron chi connectivity index (χ2n) is 7.66. The number of aromatic nitrogens is 1. The summed E-state index contributed by atoms with van der Waals surface area (Å²) in [5.74, 6) is 0.270. The fourth-order valence-electron chi connectivity index (χ4n) is 4.01. The molecule has 2 aliphatic heterocycles. The lowest BCUT2D eigenvalue weighted by Crippen LogP contribution is -2.38. The molecule has 0 saturated carbocycles. The SMILES string of the molecule is O=C(Nc1cccc(F)c1)C1CCN(c2cc(C(=O)N3CCCC3)ccn2)CC1. The molecule has 152 valence electrons. The summed E-state index contributed by atoms with van der Waals surface area (Å²) in [6.45, 7) is 3.02. The van der Waals surface area contributed by atoms with Gasteiger partial charge in [-0.1, -0.05) is 6.07 Å². The molecule has 0 bridgehead atoms. The number of nitrogens with zero attached hydrogens (tertiary/aromatic N) is 3. The fourth-order valence-corrected chi connectivity index (χ4v) is 4.01. The van der Waals surface area contributed by atoms with Crippen molar-refractivity contribution in [3.05, 3.63) is 54.0 Å². The highest BCUT2D eigenvalue weighted by Gasteiger charge is 2.26. The number of benzene rings is 1. The van der Waals surface area contributed by atoms with Crippen LogP contribution in [-0.2, 0) is 4.79 Å². The van der Waals surface area contributed by atoms with Crippen molar-refractivity contribution < 1.29 is 14.0 Å². The highest BCUT2D eigenvalue weighted by Crippen LogP contribution is 2.24. The van der Waals surface area contributed by atoms with Gasteiger partial charge in [-0.3, -0.25) is 9.59 Å². The molecule has 6 nitrogen and oxygen atoms in total. The Morgan fingerprint density at radius 3 is 2.52 bits per heavy atom. The molecule has 0 unspecified atom stereocenters. The van der Waals surface area contributed by atoms with Gasteiger partial charge in [0.25, 0.3) is 5.91 Å². The Morgan fingerprint density at radius 1 is 1.03 bits per heavy atom. The Labute approximate surface area is 169 Å². The zero-order valence-corrected chi connectivity index (χ0v) is 16.3. The summed E-state index contributed by atoms with van der Waals surface area (Å²) in [5.41, 5.74) is 1.15. The Morgan fingerprint density at radius 2 is 1.79 bits per heavy atom. The molecule has 7 heteroatoms. The molecule has 2 fully saturated rings. The second-order valence-corrected chi connectivity index (χ2v) is 7.66. The van der Waals surface area contributed by atoms with E-state index in [1.54, 1.807) is 24.4 Å². The third-order valence-electron chi connectivity index (χ3n) is 5.67. The zero-order chi connectivity index (χ0) is 20.2. The van der Waals surface area contributed by atoms with Crippen LogP contribution in [0.3, 0.4) is 0 Å². The van der Waals surface area contributed by atoms with Crippen LogP contribution in [-0.4, -0.2) is 47.9 Å². The van der Waals surface area contributed by atoms with Gasteiger partial charge in [0.05, 0.1) is 0 Å². The van der Waals surface area contributed by atoms with E-state index in [-0.39, 0.29) is 23.5 Å². The summed E-state index contributed by atoms with van der Waals surface area (Å²) in [6, 6.07) is 9.55. The van der Waals surface area contributed by atoms with Gasteiger partial charge in [-0.25, -0.2) is 9.37 Å². The molecule has 0 aliphatic carbocycles. The molecule has 2 amide bonds. The molecule has 2 aliphatic rings. The maximum Gasteiger partial charge on any atom is 0.254 e. The van der Waals surface area contributed by atoms with Gasteiger partial charge in [0.1, 0.15) is 11.6 Å². The number of hydrogen-bond donors (Lipinski definition) is 1. The topological polar surface area (TPSA) is 65.5 Å². The van der Waals surface area contributed by atoms with E-state index in [0.717, 1.165) is 31.7 Å². The Balaban J connectivity index is 1.35. The summed E-state index contributed by atoms with van der Waals surface area (Å²) in [4.78, 5) is 33.6. The van der Waals surface area contributed by atoms with Crippen molar-refractivity contribution in [2.45, 2.75) is 25.7 Å². The van der Waals surface area contributed by atoms with E-state index in [1.165, 1.54) is 12.1 Å². The number of nitrogens with one attached hydrogen (secondary N) is 1. The van der Waals surface area contributed by atoms with E-state index in [0.29, 0.717) is 37.2 Å². The summed E-state index contributed by atoms with van der Waals surface area (Å²) in [5, 5.41) is 2.80. The molecule has 1 aromatic carbocycles. The molecule has 2 saturated heterocycles. The zero-order valence-electron chi connectivity index (χ0n) is 16.3. The van der Waals surface area contributed by atoms with Crippen LogP contribution in [0.15, 0.2) is 42.6 Å². The lowest BCUT2D eigenvalue weighted by atomic mass is 9.95. The first-order valence-corrected chi connectivity index (χ1v) is 10.2. The molecule has 0 spiro atoms. The average Bonchev–Trinajstić information content (AvgIpc) is 3.28. The van der Waals surface area contributed by atoms with Crippen molar-refractivity contribution in [3.8, 4) is 0 Å². The Kier molecular flexibility index (Phi) is 5.74. The van der Waals surface area contributed by atoms with Crippen molar-refractivity contribution in [1.29, 1.82) is 0 Å². The maximum atomic E-state index is 13.3. The van der Waals surface area contributed by atoms with Gasteiger partial charge < -0.3 is 15.1 Å². The van der Waals surface area contributed by atoms with Gasteiger partial charge in [0.2, 0.25) is 5.91 Å². The predicted molar refractivity (Wildman–Crippen MR) is 109 cm³/mol. The summed E-state index contributed by atoms with van der Waals surface area (Å²) >= 11 is 0. The van der Waals surface area contributed by atoms with Crippen LogP contribution in [0.2, 0.25) is 0 Å². The van der Waals surface area contributed by atoms with Crippen LogP contribution in [0.5, 0.6) is 0 Å². The monoisotopic (exact) mass is 396 g/mol. The number of amides is 2. The van der Waals surface area contributed by atoms with Crippen LogP contribution in [0.25, 0.3) is 0 Å². The minimum Gasteiger partial charge on any atom is -0.357 e. The number of pyridine rings is 1. The number of rotatable bonds is 4. The number of likely N-dealkylation sites (tertiary alicyclic amines) is 1. The van der Waals surface area contributed by atoms with Crippen molar-refractivity contribution in [2.75, 3.05) is 36.4 Å². The molecule has 4 rings (SSSR count). The van der Waals surface area contributed by atoms with Gasteiger partial charge in [-0.05, 0) is 56.0 Å². The first kappa shape index (κ1) is 19.4. The number of carbonyl (C=O) groups is 2. The van der Waals surface area contributed by atoms with E-state index in [9.17, 15) is 14.0 Å². The molecular formula is C22H25FN4O2. The average molecular weight is 396 g/mol. The highest BCUT2D eigenvalue weighted by molar-refractivity contribution is 5.95. The quantitative estimate of drug-likeness (QED) is 0.861. The van der Waals surface area contributed by atoms with Gasteiger partial charge >= 0.3 is 0 Å². The van der Waals surface area contributed by atoms with E-state index in [4.69, 9.17) is 0 Å². The van der Waals surface area contributed by atoms with Crippen molar-refractivity contribution in [1.82, 2.24) is 9.88 Å². The number of anilines is 2. The standard InChI is InChI=1S/C22H25FN4O2/c23-18-4-3-5-19(15-18)25-21(28)16-7-12-26(13-8-16)20-14-17(6-9-24-20)22(29)27-10-1-2-11-27/h3-6,9,14-16H,1-2,7-8,10-13H2,(H,25,28). The summed E-state index contributed by atoms with van der Waals surface area (Å²) in [7, 11) is 0. The highest BCUT2D eigenvalue weighted by atomic mass is 19.1. The number of hydrogen-bond acceptors (Lipinski definition) is 4. The van der Waals surface area contributed by atoms with E-state index in [1.807, 2.05) is 11.0 Å². The van der Waals surface area contributed by atoms with Gasteiger partial charge in [-0.15, -0.1) is 0 Å². The molecular weight excluding hydrogens is 371 g/mol. The molecule has 2 aromatic rings. The fraction of sp³-hybridized carbons (Fsp3) is 0.409. The van der Waals surface area contributed by atoms with E-state index >= 15 is 0 Å². The van der Waals surface area contributed by atoms with Crippen molar-refractivity contribution >= 4 is 23.3 Å². The third kappa shape index (κ3) is 4.55. The van der Waals surface area contributed by atoms with Gasteiger partial charge in [0, 0.05) is 49.5 Å². The molecule has 1 aromatic heterocycles. The van der Waals surface area contributed by atoms with E-state index in [2.05, 4.69) is 15.2 Å². The summed E-state index contributed by atoms with van der Waals surface area (Å²) in [6.07, 6.45) is 5.19. The smallest absolute Gasteiger partial charge is 0.254 e. The largest absolute Gasteiger partial charge is 0.357 e. The summed E-state index contributed by atoms with van der Waals surface area (Å²) < 4.78 is 13.3. The second kappa shape index (κ2) is 8.59. The van der Waals surface area contributed by atoms with Crippen LogP contribution in [0.1, 0.15) is 36.0 Å². The Hall–Kier alpha value is -2.96. The minimum absolute atomic E-state index is 0.0653. The van der Waals surface area contributed by atoms with Crippen molar-refractivity contribution in [2.24, 2.45) is 5.92 Å². The van der Waals surface area contributed by atoms with Gasteiger partial charge in [0.15, 0.2) is 0 Å². The normalized spacial score (nSPS) is 17.4. The third-order valence-corrected chi connectivity index (χ3v) is 5.67. The maximum absolute atomic E-state index is 13.3. The molecule has 0 radical (unpaired) electrons. The first-order chi connectivity index (χ1) is 14.1. The number of halogens is 1. The number of carbonyl (C=O) groups excluding carboxylic acids is 2. The number of piperidine rings is 1. The molecule has 29 heavy (non-hydrogen) atoms.